The number of hydrogen-bond donors (Lipinski definition) is 2. The van der Waals surface area contributed by atoms with E-state index in [9.17, 15) is 0 Å². The summed E-state index contributed by atoms with van der Waals surface area (Å²) in [5, 5.41) is 10.7. The highest BCUT2D eigenvalue weighted by molar-refractivity contribution is 5.22. The molecular weight excluding hydrogens is 238 g/mol. The lowest BCUT2D eigenvalue weighted by molar-refractivity contribution is -0.00323. The van der Waals surface area contributed by atoms with Gasteiger partial charge < -0.3 is 10.1 Å². The zero-order chi connectivity index (χ0) is 13.7. The van der Waals surface area contributed by atoms with Crippen molar-refractivity contribution in [3.8, 4) is 0 Å². The molecule has 0 spiro atoms. The van der Waals surface area contributed by atoms with Crippen molar-refractivity contribution in [2.24, 2.45) is 5.92 Å². The standard InChI is InChI=1S/C15H27N3O/c1-11-6-4-5-7-15(11)19-9-8-16-10-14-12(2)17-18-13(14)3/h11,15-16H,4-10H2,1-3H3,(H,17,18)/t11-,15-/m0/s1. The number of aryl methyl sites for hydroxylation is 2. The van der Waals surface area contributed by atoms with E-state index in [1.54, 1.807) is 0 Å². The molecule has 1 aromatic heterocycles. The van der Waals surface area contributed by atoms with Crippen molar-refractivity contribution < 1.29 is 4.74 Å². The zero-order valence-electron chi connectivity index (χ0n) is 12.5. The predicted octanol–water partition coefficient (Wildman–Crippen LogP) is 2.71. The minimum atomic E-state index is 0.480. The SMILES string of the molecule is Cc1n[nH]c(C)c1CNCCO[C@H]1CCCC[C@@H]1C. The van der Waals surface area contributed by atoms with Crippen LogP contribution in [0.4, 0.5) is 0 Å². The number of H-pyrrole nitrogens is 1. The van der Waals surface area contributed by atoms with Crippen molar-refractivity contribution in [3.05, 3.63) is 17.0 Å². The number of nitrogens with one attached hydrogen (secondary N) is 2. The highest BCUT2D eigenvalue weighted by Gasteiger charge is 2.21. The van der Waals surface area contributed by atoms with Crippen molar-refractivity contribution in [2.75, 3.05) is 13.2 Å². The maximum Gasteiger partial charge on any atom is 0.0638 e. The quantitative estimate of drug-likeness (QED) is 0.778. The van der Waals surface area contributed by atoms with Gasteiger partial charge in [-0.3, -0.25) is 5.10 Å². The van der Waals surface area contributed by atoms with Gasteiger partial charge in [0.25, 0.3) is 0 Å². The first-order valence-electron chi connectivity index (χ1n) is 7.51. The lowest BCUT2D eigenvalue weighted by Crippen LogP contribution is -2.29. The molecule has 1 heterocycles. The second-order valence-electron chi connectivity index (χ2n) is 5.76. The molecule has 2 N–H and O–H groups in total. The van der Waals surface area contributed by atoms with Gasteiger partial charge in [0.1, 0.15) is 0 Å². The van der Waals surface area contributed by atoms with E-state index in [1.165, 1.54) is 31.2 Å². The van der Waals surface area contributed by atoms with Crippen LogP contribution in [0.3, 0.4) is 0 Å². The van der Waals surface area contributed by atoms with E-state index < -0.39 is 0 Å². The van der Waals surface area contributed by atoms with Gasteiger partial charge in [-0.25, -0.2) is 0 Å². The fourth-order valence-electron chi connectivity index (χ4n) is 2.86. The molecule has 0 amide bonds. The fraction of sp³-hybridized carbons (Fsp3) is 0.800. The van der Waals surface area contributed by atoms with Crippen LogP contribution in [0.1, 0.15) is 49.6 Å². The zero-order valence-corrected chi connectivity index (χ0v) is 12.5. The second kappa shape index (κ2) is 7.06. The summed E-state index contributed by atoms with van der Waals surface area (Å²) in [6.45, 7) is 9.02. The summed E-state index contributed by atoms with van der Waals surface area (Å²) in [5.74, 6) is 0.729. The topological polar surface area (TPSA) is 49.9 Å². The largest absolute Gasteiger partial charge is 0.377 e. The van der Waals surface area contributed by atoms with Crippen LogP contribution in [-0.4, -0.2) is 29.5 Å². The van der Waals surface area contributed by atoms with Crippen LogP contribution in [0.2, 0.25) is 0 Å². The summed E-state index contributed by atoms with van der Waals surface area (Å²) in [7, 11) is 0. The third-order valence-corrected chi connectivity index (χ3v) is 4.23. The van der Waals surface area contributed by atoms with Gasteiger partial charge in [-0.1, -0.05) is 19.8 Å². The Hall–Kier alpha value is -0.870. The van der Waals surface area contributed by atoms with Crippen LogP contribution in [0.15, 0.2) is 0 Å². The Labute approximate surface area is 116 Å². The fourth-order valence-corrected chi connectivity index (χ4v) is 2.86. The molecule has 108 valence electrons. The van der Waals surface area contributed by atoms with Crippen molar-refractivity contribution in [3.63, 3.8) is 0 Å². The first kappa shape index (κ1) is 14.5. The number of nitrogens with zero attached hydrogens (tertiary/aromatic N) is 1. The Morgan fingerprint density at radius 2 is 2.11 bits per heavy atom. The minimum Gasteiger partial charge on any atom is -0.377 e. The molecule has 19 heavy (non-hydrogen) atoms. The maximum absolute atomic E-state index is 5.99. The number of rotatable bonds is 6. The summed E-state index contributed by atoms with van der Waals surface area (Å²) < 4.78 is 5.99. The number of aromatic amines is 1. The van der Waals surface area contributed by atoms with Crippen LogP contribution < -0.4 is 5.32 Å². The average Bonchev–Trinajstić information content (AvgIpc) is 2.72. The summed E-state index contributed by atoms with van der Waals surface area (Å²) in [6.07, 6.45) is 5.74. The molecule has 1 saturated carbocycles. The first-order valence-corrected chi connectivity index (χ1v) is 7.51. The number of aromatic nitrogens is 2. The molecule has 1 fully saturated rings. The average molecular weight is 265 g/mol. The predicted molar refractivity (Wildman–Crippen MR) is 77.1 cm³/mol. The highest BCUT2D eigenvalue weighted by Crippen LogP contribution is 2.25. The van der Waals surface area contributed by atoms with Gasteiger partial charge in [0.2, 0.25) is 0 Å². The second-order valence-corrected chi connectivity index (χ2v) is 5.76. The van der Waals surface area contributed by atoms with Gasteiger partial charge in [-0.15, -0.1) is 0 Å². The molecule has 1 aromatic rings. The monoisotopic (exact) mass is 265 g/mol. The molecule has 0 aliphatic heterocycles. The third kappa shape index (κ3) is 4.05. The third-order valence-electron chi connectivity index (χ3n) is 4.23. The molecular formula is C15H27N3O. The normalized spacial score (nSPS) is 23.7. The number of hydrogen-bond acceptors (Lipinski definition) is 3. The van der Waals surface area contributed by atoms with Gasteiger partial charge in [0.15, 0.2) is 0 Å². The Bertz CT molecular complexity index is 369. The van der Waals surface area contributed by atoms with Gasteiger partial charge in [0.05, 0.1) is 18.4 Å². The maximum atomic E-state index is 5.99. The summed E-state index contributed by atoms with van der Waals surface area (Å²) in [6, 6.07) is 0. The summed E-state index contributed by atoms with van der Waals surface area (Å²) >= 11 is 0. The lowest BCUT2D eigenvalue weighted by atomic mass is 9.88. The molecule has 0 aromatic carbocycles. The van der Waals surface area contributed by atoms with Crippen LogP contribution in [0, 0.1) is 19.8 Å². The molecule has 4 heteroatoms. The lowest BCUT2D eigenvalue weighted by Gasteiger charge is -2.28. The summed E-state index contributed by atoms with van der Waals surface area (Å²) in [4.78, 5) is 0. The van der Waals surface area contributed by atoms with Gasteiger partial charge >= 0.3 is 0 Å². The Morgan fingerprint density at radius 1 is 1.32 bits per heavy atom. The Balaban J connectivity index is 1.62. The van der Waals surface area contributed by atoms with Crippen molar-refractivity contribution in [1.82, 2.24) is 15.5 Å². The number of ether oxygens (including phenoxy) is 1. The first-order chi connectivity index (χ1) is 9.18. The highest BCUT2D eigenvalue weighted by atomic mass is 16.5. The van der Waals surface area contributed by atoms with Crippen LogP contribution >= 0.6 is 0 Å². The van der Waals surface area contributed by atoms with E-state index >= 15 is 0 Å². The van der Waals surface area contributed by atoms with Crippen molar-refractivity contribution >= 4 is 0 Å². The molecule has 2 atom stereocenters. The molecule has 1 aliphatic carbocycles. The Morgan fingerprint density at radius 3 is 2.79 bits per heavy atom. The van der Waals surface area contributed by atoms with Crippen LogP contribution in [-0.2, 0) is 11.3 Å². The minimum absolute atomic E-state index is 0.480. The molecule has 0 saturated heterocycles. The van der Waals surface area contributed by atoms with Crippen molar-refractivity contribution in [2.45, 2.75) is 59.1 Å². The van der Waals surface area contributed by atoms with Crippen LogP contribution in [0.5, 0.6) is 0 Å². The smallest absolute Gasteiger partial charge is 0.0638 e. The molecule has 4 nitrogen and oxygen atoms in total. The van der Waals surface area contributed by atoms with Gasteiger partial charge in [-0.2, -0.15) is 5.10 Å². The molecule has 1 aliphatic rings. The van der Waals surface area contributed by atoms with E-state index in [0.29, 0.717) is 6.10 Å². The van der Waals surface area contributed by atoms with Gasteiger partial charge in [-0.05, 0) is 32.6 Å². The molecule has 0 unspecified atom stereocenters. The molecule has 0 bridgehead atoms. The van der Waals surface area contributed by atoms with E-state index in [4.69, 9.17) is 4.74 Å². The van der Waals surface area contributed by atoms with E-state index in [2.05, 4.69) is 29.4 Å². The van der Waals surface area contributed by atoms with Crippen molar-refractivity contribution in [1.29, 1.82) is 0 Å². The molecule has 2 rings (SSSR count). The van der Waals surface area contributed by atoms with E-state index in [0.717, 1.165) is 37.0 Å². The molecule has 0 radical (unpaired) electrons. The van der Waals surface area contributed by atoms with E-state index in [-0.39, 0.29) is 0 Å². The Kier molecular flexibility index (Phi) is 5.40. The van der Waals surface area contributed by atoms with Crippen LogP contribution in [0.25, 0.3) is 0 Å². The summed E-state index contributed by atoms with van der Waals surface area (Å²) in [5.41, 5.74) is 3.53. The van der Waals surface area contributed by atoms with E-state index in [1.807, 2.05) is 6.92 Å². The van der Waals surface area contributed by atoms with Gasteiger partial charge in [0, 0.05) is 24.3 Å².